The summed E-state index contributed by atoms with van der Waals surface area (Å²) in [5.41, 5.74) is 7.61. The molecule has 1 amide bonds. The van der Waals surface area contributed by atoms with Crippen molar-refractivity contribution in [2.45, 2.75) is 31.3 Å². The minimum absolute atomic E-state index is 0.183. The SMILES string of the molecule is NCCCOC1CCN(C(=O)C(c2ccccc2)c2ccccc2)CC1. The zero-order chi connectivity index (χ0) is 18.2. The predicted octanol–water partition coefficient (Wildman–Crippen LogP) is 3.17. The second-order valence-electron chi connectivity index (χ2n) is 6.79. The summed E-state index contributed by atoms with van der Waals surface area (Å²) in [4.78, 5) is 15.3. The molecule has 0 aliphatic carbocycles. The molecule has 0 aromatic heterocycles. The van der Waals surface area contributed by atoms with Crippen LogP contribution in [0.5, 0.6) is 0 Å². The quantitative estimate of drug-likeness (QED) is 0.779. The average molecular weight is 352 g/mol. The van der Waals surface area contributed by atoms with Gasteiger partial charge in [-0.3, -0.25) is 4.79 Å². The van der Waals surface area contributed by atoms with Crippen molar-refractivity contribution in [1.29, 1.82) is 0 Å². The van der Waals surface area contributed by atoms with Crippen molar-refractivity contribution in [3.8, 4) is 0 Å². The lowest BCUT2D eigenvalue weighted by atomic mass is 9.89. The first-order valence-electron chi connectivity index (χ1n) is 9.50. The Labute approximate surface area is 156 Å². The van der Waals surface area contributed by atoms with Crippen LogP contribution in [0.15, 0.2) is 60.7 Å². The Bertz CT molecular complexity index is 628. The first-order chi connectivity index (χ1) is 12.8. The van der Waals surface area contributed by atoms with Crippen LogP contribution in [0, 0.1) is 0 Å². The minimum atomic E-state index is -0.243. The van der Waals surface area contributed by atoms with Crippen molar-refractivity contribution in [2.24, 2.45) is 5.73 Å². The predicted molar refractivity (Wildman–Crippen MR) is 104 cm³/mol. The van der Waals surface area contributed by atoms with Gasteiger partial charge < -0.3 is 15.4 Å². The molecule has 0 atom stereocenters. The molecular weight excluding hydrogens is 324 g/mol. The second-order valence-corrected chi connectivity index (χ2v) is 6.79. The largest absolute Gasteiger partial charge is 0.378 e. The molecule has 2 aromatic rings. The Morgan fingerprint density at radius 1 is 1.00 bits per heavy atom. The molecule has 2 aromatic carbocycles. The molecule has 2 N–H and O–H groups in total. The number of amides is 1. The summed E-state index contributed by atoms with van der Waals surface area (Å²) in [6.07, 6.45) is 2.93. The second kappa shape index (κ2) is 9.51. The van der Waals surface area contributed by atoms with Gasteiger partial charge in [-0.1, -0.05) is 60.7 Å². The van der Waals surface area contributed by atoms with Crippen molar-refractivity contribution >= 4 is 5.91 Å². The van der Waals surface area contributed by atoms with E-state index in [9.17, 15) is 4.79 Å². The molecule has 1 fully saturated rings. The zero-order valence-electron chi connectivity index (χ0n) is 15.2. The van der Waals surface area contributed by atoms with Crippen LogP contribution in [-0.2, 0) is 9.53 Å². The summed E-state index contributed by atoms with van der Waals surface area (Å²) in [5.74, 6) is -0.0603. The summed E-state index contributed by atoms with van der Waals surface area (Å²) < 4.78 is 5.86. The van der Waals surface area contributed by atoms with Crippen LogP contribution >= 0.6 is 0 Å². The molecule has 0 bridgehead atoms. The molecule has 0 spiro atoms. The standard InChI is InChI=1S/C22H28N2O2/c23-14-7-17-26-20-12-15-24(16-13-20)22(25)21(18-8-3-1-4-9-18)19-10-5-2-6-11-19/h1-6,8-11,20-21H,7,12-17,23H2. The molecule has 1 saturated heterocycles. The maximum Gasteiger partial charge on any atom is 0.234 e. The monoisotopic (exact) mass is 352 g/mol. The van der Waals surface area contributed by atoms with Crippen molar-refractivity contribution in [3.63, 3.8) is 0 Å². The number of hydrogen-bond donors (Lipinski definition) is 1. The summed E-state index contributed by atoms with van der Waals surface area (Å²) in [6.45, 7) is 2.88. The Kier molecular flexibility index (Phi) is 6.81. The Morgan fingerprint density at radius 3 is 2.04 bits per heavy atom. The van der Waals surface area contributed by atoms with Crippen LogP contribution in [0.1, 0.15) is 36.3 Å². The molecule has 26 heavy (non-hydrogen) atoms. The third-order valence-electron chi connectivity index (χ3n) is 4.97. The van der Waals surface area contributed by atoms with Gasteiger partial charge >= 0.3 is 0 Å². The minimum Gasteiger partial charge on any atom is -0.378 e. The Balaban J connectivity index is 1.69. The van der Waals surface area contributed by atoms with Gasteiger partial charge in [0.1, 0.15) is 0 Å². The molecule has 0 radical (unpaired) electrons. The van der Waals surface area contributed by atoms with E-state index in [0.29, 0.717) is 13.2 Å². The molecule has 0 unspecified atom stereocenters. The first-order valence-corrected chi connectivity index (χ1v) is 9.50. The lowest BCUT2D eigenvalue weighted by molar-refractivity contribution is -0.134. The van der Waals surface area contributed by atoms with Crippen molar-refractivity contribution < 1.29 is 9.53 Å². The van der Waals surface area contributed by atoms with E-state index >= 15 is 0 Å². The molecule has 1 aliphatic heterocycles. The summed E-state index contributed by atoms with van der Waals surface area (Å²) in [5, 5.41) is 0. The highest BCUT2D eigenvalue weighted by atomic mass is 16.5. The van der Waals surface area contributed by atoms with Gasteiger partial charge in [-0.2, -0.15) is 0 Å². The lowest BCUT2D eigenvalue weighted by Crippen LogP contribution is -2.43. The van der Waals surface area contributed by atoms with E-state index in [1.807, 2.05) is 65.6 Å². The number of benzene rings is 2. The molecule has 3 rings (SSSR count). The Morgan fingerprint density at radius 2 is 1.54 bits per heavy atom. The van der Waals surface area contributed by atoms with E-state index in [0.717, 1.165) is 43.5 Å². The molecule has 4 nitrogen and oxygen atoms in total. The third kappa shape index (κ3) is 4.71. The van der Waals surface area contributed by atoms with Crippen LogP contribution in [0.3, 0.4) is 0 Å². The summed E-state index contributed by atoms with van der Waals surface area (Å²) >= 11 is 0. The van der Waals surface area contributed by atoms with E-state index in [1.165, 1.54) is 0 Å². The fraction of sp³-hybridized carbons (Fsp3) is 0.409. The first kappa shape index (κ1) is 18.6. The number of hydrogen-bond acceptors (Lipinski definition) is 3. The normalized spacial score (nSPS) is 15.4. The van der Waals surface area contributed by atoms with Gasteiger partial charge in [0.25, 0.3) is 0 Å². The lowest BCUT2D eigenvalue weighted by Gasteiger charge is -2.34. The smallest absolute Gasteiger partial charge is 0.234 e. The highest BCUT2D eigenvalue weighted by molar-refractivity contribution is 5.87. The molecule has 1 heterocycles. The van der Waals surface area contributed by atoms with Gasteiger partial charge in [0.05, 0.1) is 12.0 Å². The maximum absolute atomic E-state index is 13.3. The number of carbonyl (C=O) groups is 1. The van der Waals surface area contributed by atoms with Gasteiger partial charge in [-0.15, -0.1) is 0 Å². The van der Waals surface area contributed by atoms with E-state index in [2.05, 4.69) is 0 Å². The number of ether oxygens (including phenoxy) is 1. The van der Waals surface area contributed by atoms with Crippen molar-refractivity contribution in [2.75, 3.05) is 26.2 Å². The van der Waals surface area contributed by atoms with E-state index in [1.54, 1.807) is 0 Å². The van der Waals surface area contributed by atoms with E-state index < -0.39 is 0 Å². The topological polar surface area (TPSA) is 55.6 Å². The average Bonchev–Trinajstić information content (AvgIpc) is 2.70. The number of rotatable bonds is 7. The fourth-order valence-electron chi connectivity index (χ4n) is 3.53. The Hall–Kier alpha value is -2.17. The van der Waals surface area contributed by atoms with Crippen LogP contribution in [-0.4, -0.2) is 43.2 Å². The van der Waals surface area contributed by atoms with Gasteiger partial charge in [-0.05, 0) is 36.9 Å². The van der Waals surface area contributed by atoms with Crippen LogP contribution in [0.25, 0.3) is 0 Å². The number of likely N-dealkylation sites (tertiary alicyclic amines) is 1. The number of carbonyl (C=O) groups excluding carboxylic acids is 1. The van der Waals surface area contributed by atoms with Crippen molar-refractivity contribution in [1.82, 2.24) is 4.90 Å². The van der Waals surface area contributed by atoms with Gasteiger partial charge in [0.2, 0.25) is 5.91 Å². The van der Waals surface area contributed by atoms with Crippen molar-refractivity contribution in [3.05, 3.63) is 71.8 Å². The molecular formula is C22H28N2O2. The van der Waals surface area contributed by atoms with Gasteiger partial charge in [0.15, 0.2) is 0 Å². The van der Waals surface area contributed by atoms with E-state index in [-0.39, 0.29) is 17.9 Å². The third-order valence-corrected chi connectivity index (χ3v) is 4.97. The molecule has 1 aliphatic rings. The number of piperidine rings is 1. The highest BCUT2D eigenvalue weighted by Crippen LogP contribution is 2.28. The highest BCUT2D eigenvalue weighted by Gasteiger charge is 2.30. The van der Waals surface area contributed by atoms with Crippen LogP contribution in [0.4, 0.5) is 0 Å². The maximum atomic E-state index is 13.3. The van der Waals surface area contributed by atoms with Gasteiger partial charge in [0, 0.05) is 19.7 Å². The number of nitrogens with two attached hydrogens (primary N) is 1. The van der Waals surface area contributed by atoms with Crippen LogP contribution < -0.4 is 5.73 Å². The zero-order valence-corrected chi connectivity index (χ0v) is 15.2. The molecule has 4 heteroatoms. The number of nitrogens with zero attached hydrogens (tertiary/aromatic N) is 1. The molecule has 0 saturated carbocycles. The summed E-state index contributed by atoms with van der Waals surface area (Å²) in [6, 6.07) is 20.1. The van der Waals surface area contributed by atoms with Gasteiger partial charge in [-0.25, -0.2) is 0 Å². The van der Waals surface area contributed by atoms with Crippen LogP contribution in [0.2, 0.25) is 0 Å². The fourth-order valence-corrected chi connectivity index (χ4v) is 3.53. The van der Waals surface area contributed by atoms with E-state index in [4.69, 9.17) is 10.5 Å². The summed E-state index contributed by atoms with van der Waals surface area (Å²) in [7, 11) is 0. The molecule has 138 valence electrons.